The van der Waals surface area contributed by atoms with Gasteiger partial charge in [0.15, 0.2) is 12.4 Å². The summed E-state index contributed by atoms with van der Waals surface area (Å²) >= 11 is 0. The van der Waals surface area contributed by atoms with Crippen molar-refractivity contribution in [3.8, 4) is 5.75 Å². The lowest BCUT2D eigenvalue weighted by atomic mass is 10.1. The normalized spacial score (nSPS) is 10.5. The van der Waals surface area contributed by atoms with Crippen molar-refractivity contribution in [2.75, 3.05) is 6.61 Å². The van der Waals surface area contributed by atoms with Crippen molar-refractivity contribution in [2.24, 2.45) is 0 Å². The fourth-order valence-electron chi connectivity index (χ4n) is 2.21. The van der Waals surface area contributed by atoms with E-state index in [4.69, 9.17) is 4.74 Å². The smallest absolute Gasteiger partial charge is 0.200 e. The first-order valence-electron chi connectivity index (χ1n) is 6.64. The third-order valence-electron chi connectivity index (χ3n) is 3.29. The quantitative estimate of drug-likeness (QED) is 0.668. The van der Waals surface area contributed by atoms with Gasteiger partial charge in [-0.15, -0.1) is 0 Å². The largest absolute Gasteiger partial charge is 0.485 e. The third-order valence-corrected chi connectivity index (χ3v) is 3.29. The van der Waals surface area contributed by atoms with Crippen molar-refractivity contribution >= 4 is 16.6 Å². The Morgan fingerprint density at radius 2 is 1.52 bits per heavy atom. The predicted octanol–water partition coefficient (Wildman–Crippen LogP) is 4.24. The first-order valence-corrected chi connectivity index (χ1v) is 6.64. The number of fused-ring (bicyclic) bond motifs is 1. The molecule has 0 aliphatic heterocycles. The molecule has 0 fully saturated rings. The summed E-state index contributed by atoms with van der Waals surface area (Å²) in [5.74, 6) is 0.104. The molecular formula is C18H13FO2. The fourth-order valence-corrected chi connectivity index (χ4v) is 2.21. The van der Waals surface area contributed by atoms with E-state index in [9.17, 15) is 9.18 Å². The van der Waals surface area contributed by atoms with Gasteiger partial charge >= 0.3 is 0 Å². The molecule has 0 amide bonds. The zero-order chi connectivity index (χ0) is 14.7. The molecule has 0 radical (unpaired) electrons. The molecule has 0 unspecified atom stereocenters. The number of carbonyl (C=O) groups excluding carboxylic acids is 1. The van der Waals surface area contributed by atoms with Gasteiger partial charge in [0.25, 0.3) is 0 Å². The number of hydrogen-bond acceptors (Lipinski definition) is 2. The lowest BCUT2D eigenvalue weighted by Gasteiger charge is -2.09. The SMILES string of the molecule is O=C(COc1ccc(F)c2ccccc12)c1ccccc1. The molecule has 3 aromatic rings. The molecule has 0 saturated heterocycles. The van der Waals surface area contributed by atoms with Gasteiger partial charge in [-0.2, -0.15) is 0 Å². The van der Waals surface area contributed by atoms with Crippen LogP contribution in [0.4, 0.5) is 4.39 Å². The summed E-state index contributed by atoms with van der Waals surface area (Å²) in [5, 5.41) is 1.15. The molecule has 0 aliphatic rings. The maximum atomic E-state index is 13.7. The van der Waals surface area contributed by atoms with Crippen LogP contribution >= 0.6 is 0 Å². The van der Waals surface area contributed by atoms with Crippen molar-refractivity contribution in [1.29, 1.82) is 0 Å². The van der Waals surface area contributed by atoms with Crippen LogP contribution in [0.3, 0.4) is 0 Å². The summed E-state index contributed by atoms with van der Waals surface area (Å²) in [6.07, 6.45) is 0. The Kier molecular flexibility index (Phi) is 3.65. The molecule has 3 heteroatoms. The maximum absolute atomic E-state index is 13.7. The standard InChI is InChI=1S/C18H13FO2/c19-16-10-11-18(15-9-5-4-8-14(15)16)21-12-17(20)13-6-2-1-3-7-13/h1-11H,12H2. The van der Waals surface area contributed by atoms with E-state index >= 15 is 0 Å². The van der Waals surface area contributed by atoms with E-state index < -0.39 is 0 Å². The summed E-state index contributed by atoms with van der Waals surface area (Å²) in [5.41, 5.74) is 0.601. The second kappa shape index (κ2) is 5.75. The first kappa shape index (κ1) is 13.3. The molecule has 3 rings (SSSR count). The van der Waals surface area contributed by atoms with Gasteiger partial charge in [-0.1, -0.05) is 54.6 Å². The van der Waals surface area contributed by atoms with Crippen LogP contribution in [0.15, 0.2) is 66.7 Å². The van der Waals surface area contributed by atoms with Gasteiger partial charge in [0.2, 0.25) is 0 Å². The van der Waals surface area contributed by atoms with Crippen molar-refractivity contribution in [3.63, 3.8) is 0 Å². The fraction of sp³-hybridized carbons (Fsp3) is 0.0556. The lowest BCUT2D eigenvalue weighted by Crippen LogP contribution is -2.11. The molecular weight excluding hydrogens is 267 g/mol. The van der Waals surface area contributed by atoms with Crippen molar-refractivity contribution in [1.82, 2.24) is 0 Å². The first-order chi connectivity index (χ1) is 10.3. The Bertz CT molecular complexity index is 782. The second-order valence-corrected chi connectivity index (χ2v) is 4.67. The van der Waals surface area contributed by atoms with Gasteiger partial charge in [0.1, 0.15) is 11.6 Å². The molecule has 2 nitrogen and oxygen atoms in total. The molecule has 0 saturated carbocycles. The highest BCUT2D eigenvalue weighted by Crippen LogP contribution is 2.27. The summed E-state index contributed by atoms with van der Waals surface area (Å²) in [6.45, 7) is -0.0698. The highest BCUT2D eigenvalue weighted by molar-refractivity contribution is 5.97. The summed E-state index contributed by atoms with van der Waals surface area (Å²) in [7, 11) is 0. The van der Waals surface area contributed by atoms with Gasteiger partial charge in [0.05, 0.1) is 0 Å². The van der Waals surface area contributed by atoms with Gasteiger partial charge in [0, 0.05) is 16.3 Å². The average Bonchev–Trinajstić information content (AvgIpc) is 2.55. The number of carbonyl (C=O) groups is 1. The molecule has 21 heavy (non-hydrogen) atoms. The Hall–Kier alpha value is -2.68. The Labute approximate surface area is 121 Å². The monoisotopic (exact) mass is 280 g/mol. The van der Waals surface area contributed by atoms with Crippen molar-refractivity contribution in [3.05, 3.63) is 78.1 Å². The predicted molar refractivity (Wildman–Crippen MR) is 80.2 cm³/mol. The number of halogens is 1. The summed E-state index contributed by atoms with van der Waals surface area (Å²) < 4.78 is 19.3. The third kappa shape index (κ3) is 2.77. The Balaban J connectivity index is 1.83. The molecule has 104 valence electrons. The minimum atomic E-state index is -0.299. The van der Waals surface area contributed by atoms with E-state index in [1.165, 1.54) is 6.07 Å². The highest BCUT2D eigenvalue weighted by atomic mass is 19.1. The van der Waals surface area contributed by atoms with Gasteiger partial charge < -0.3 is 4.74 Å². The summed E-state index contributed by atoms with van der Waals surface area (Å²) in [6, 6.07) is 18.9. The van der Waals surface area contributed by atoms with Crippen molar-refractivity contribution in [2.45, 2.75) is 0 Å². The topological polar surface area (TPSA) is 26.3 Å². The van der Waals surface area contributed by atoms with Crippen LogP contribution < -0.4 is 4.74 Å². The number of ketones is 1. The van der Waals surface area contributed by atoms with E-state index in [1.807, 2.05) is 12.1 Å². The zero-order valence-electron chi connectivity index (χ0n) is 11.3. The van der Waals surface area contributed by atoms with E-state index in [2.05, 4.69) is 0 Å². The minimum absolute atomic E-state index is 0.0698. The number of rotatable bonds is 4. The number of ether oxygens (including phenoxy) is 1. The zero-order valence-corrected chi connectivity index (χ0v) is 11.3. The molecule has 0 N–H and O–H groups in total. The van der Waals surface area contributed by atoms with E-state index in [-0.39, 0.29) is 18.2 Å². The van der Waals surface area contributed by atoms with Crippen molar-refractivity contribution < 1.29 is 13.9 Å². The summed E-state index contributed by atoms with van der Waals surface area (Å²) in [4.78, 5) is 12.0. The second-order valence-electron chi connectivity index (χ2n) is 4.67. The Morgan fingerprint density at radius 1 is 0.857 bits per heavy atom. The highest BCUT2D eigenvalue weighted by Gasteiger charge is 2.09. The van der Waals surface area contributed by atoms with Crippen LogP contribution in [0, 0.1) is 5.82 Å². The lowest BCUT2D eigenvalue weighted by molar-refractivity contribution is 0.0922. The number of hydrogen-bond donors (Lipinski definition) is 0. The molecule has 0 bridgehead atoms. The number of benzene rings is 3. The van der Waals surface area contributed by atoms with Crippen LogP contribution in [0.25, 0.3) is 10.8 Å². The van der Waals surface area contributed by atoms with Crippen LogP contribution in [0.2, 0.25) is 0 Å². The van der Waals surface area contributed by atoms with Gasteiger partial charge in [-0.3, -0.25) is 4.79 Å². The molecule has 0 atom stereocenters. The van der Waals surface area contributed by atoms with Crippen LogP contribution in [-0.2, 0) is 0 Å². The molecule has 0 aromatic heterocycles. The minimum Gasteiger partial charge on any atom is -0.485 e. The molecule has 0 spiro atoms. The van der Waals surface area contributed by atoms with E-state index in [0.717, 1.165) is 0 Å². The molecule has 0 heterocycles. The van der Waals surface area contributed by atoms with E-state index in [0.29, 0.717) is 22.1 Å². The maximum Gasteiger partial charge on any atom is 0.200 e. The van der Waals surface area contributed by atoms with Gasteiger partial charge in [-0.25, -0.2) is 4.39 Å². The van der Waals surface area contributed by atoms with Gasteiger partial charge in [-0.05, 0) is 12.1 Å². The molecule has 0 aliphatic carbocycles. The van der Waals surface area contributed by atoms with Crippen LogP contribution in [0.1, 0.15) is 10.4 Å². The van der Waals surface area contributed by atoms with E-state index in [1.54, 1.807) is 48.5 Å². The average molecular weight is 280 g/mol. The van der Waals surface area contributed by atoms with Crippen LogP contribution in [0.5, 0.6) is 5.75 Å². The Morgan fingerprint density at radius 3 is 2.29 bits per heavy atom. The molecule has 3 aromatic carbocycles. The van der Waals surface area contributed by atoms with Crippen LogP contribution in [-0.4, -0.2) is 12.4 Å². The number of Topliss-reactive ketones (excluding diaryl/α,β-unsaturated/α-hetero) is 1.